The van der Waals surface area contributed by atoms with Crippen LogP contribution in [0.3, 0.4) is 0 Å². The normalized spacial score (nSPS) is 11.8. The van der Waals surface area contributed by atoms with Crippen molar-refractivity contribution in [3.63, 3.8) is 0 Å². The van der Waals surface area contributed by atoms with Crippen molar-refractivity contribution in [3.8, 4) is 0 Å². The lowest BCUT2D eigenvalue weighted by atomic mass is 9.97. The van der Waals surface area contributed by atoms with Gasteiger partial charge >= 0.3 is 0 Å². The van der Waals surface area contributed by atoms with Crippen molar-refractivity contribution >= 4 is 17.9 Å². The van der Waals surface area contributed by atoms with Crippen molar-refractivity contribution in [2.24, 2.45) is 15.7 Å². The van der Waals surface area contributed by atoms with Crippen LogP contribution >= 0.6 is 0 Å². The van der Waals surface area contributed by atoms with Crippen LogP contribution in [-0.4, -0.2) is 37.2 Å². The van der Waals surface area contributed by atoms with Gasteiger partial charge in [0.15, 0.2) is 0 Å². The van der Waals surface area contributed by atoms with Gasteiger partial charge < -0.3 is 10.6 Å². The van der Waals surface area contributed by atoms with Crippen LogP contribution in [-0.2, 0) is 12.8 Å². The summed E-state index contributed by atoms with van der Waals surface area (Å²) in [5.41, 5.74) is 10.6. The molecule has 0 aliphatic rings. The SMILES string of the molecule is C/C=N/C(N)=Nc1ccc(CCCN(C)CCCC)c(CCC/C=C/CC)c1.C=CC(=C)C. The minimum Gasteiger partial charge on any atom is -0.368 e. The van der Waals surface area contributed by atoms with E-state index in [4.69, 9.17) is 5.73 Å². The summed E-state index contributed by atoms with van der Waals surface area (Å²) >= 11 is 0. The highest BCUT2D eigenvalue weighted by molar-refractivity contribution is 5.87. The maximum Gasteiger partial charge on any atom is 0.220 e. The van der Waals surface area contributed by atoms with Gasteiger partial charge in [-0.1, -0.05) is 63.3 Å². The second-order valence-electron chi connectivity index (χ2n) is 8.39. The first-order valence-electron chi connectivity index (χ1n) is 12.4. The number of allylic oxidation sites excluding steroid dienone is 4. The Kier molecular flexibility index (Phi) is 18.7. The summed E-state index contributed by atoms with van der Waals surface area (Å²) in [6.07, 6.45) is 17.2. The number of rotatable bonds is 14. The van der Waals surface area contributed by atoms with E-state index in [1.54, 1.807) is 12.3 Å². The molecule has 0 aliphatic carbocycles. The maximum absolute atomic E-state index is 5.85. The van der Waals surface area contributed by atoms with Crippen molar-refractivity contribution < 1.29 is 0 Å². The Morgan fingerprint density at radius 2 is 1.73 bits per heavy atom. The van der Waals surface area contributed by atoms with Crippen LogP contribution < -0.4 is 5.73 Å². The number of hydrogen-bond acceptors (Lipinski definition) is 2. The molecule has 0 radical (unpaired) electrons. The summed E-state index contributed by atoms with van der Waals surface area (Å²) in [6, 6.07) is 6.48. The quantitative estimate of drug-likeness (QED) is 0.105. The Balaban J connectivity index is 0.00000184. The third-order valence-electron chi connectivity index (χ3n) is 5.14. The molecule has 2 N–H and O–H groups in total. The van der Waals surface area contributed by atoms with Gasteiger partial charge in [0.1, 0.15) is 0 Å². The molecule has 0 amide bonds. The summed E-state index contributed by atoms with van der Waals surface area (Å²) < 4.78 is 0. The Labute approximate surface area is 204 Å². The van der Waals surface area contributed by atoms with Crippen molar-refractivity contribution in [1.29, 1.82) is 0 Å². The van der Waals surface area contributed by atoms with Crippen LogP contribution in [0.15, 0.2) is 65.1 Å². The van der Waals surface area contributed by atoms with E-state index >= 15 is 0 Å². The van der Waals surface area contributed by atoms with E-state index in [9.17, 15) is 0 Å². The zero-order chi connectivity index (χ0) is 24.9. The van der Waals surface area contributed by atoms with E-state index in [0.717, 1.165) is 49.9 Å². The van der Waals surface area contributed by atoms with Gasteiger partial charge in [-0.05, 0) is 102 Å². The van der Waals surface area contributed by atoms with E-state index < -0.39 is 0 Å². The molecule has 1 aromatic carbocycles. The van der Waals surface area contributed by atoms with Gasteiger partial charge in [0.2, 0.25) is 5.96 Å². The molecule has 0 unspecified atom stereocenters. The fourth-order valence-corrected chi connectivity index (χ4v) is 3.23. The van der Waals surface area contributed by atoms with Crippen LogP contribution in [0, 0.1) is 0 Å². The second kappa shape index (κ2) is 20.2. The number of hydrogen-bond donors (Lipinski definition) is 1. The van der Waals surface area contributed by atoms with E-state index in [1.807, 2.05) is 13.8 Å². The van der Waals surface area contributed by atoms with Crippen LogP contribution in [0.1, 0.15) is 77.3 Å². The first-order valence-corrected chi connectivity index (χ1v) is 12.4. The predicted molar refractivity (Wildman–Crippen MR) is 150 cm³/mol. The highest BCUT2D eigenvalue weighted by Crippen LogP contribution is 2.22. The molecule has 0 saturated heterocycles. The van der Waals surface area contributed by atoms with Crippen LogP contribution in [0.5, 0.6) is 0 Å². The number of unbranched alkanes of at least 4 members (excludes halogenated alkanes) is 2. The molecular formula is C29H48N4. The summed E-state index contributed by atoms with van der Waals surface area (Å²) in [5, 5.41) is 0. The molecule has 184 valence electrons. The molecule has 1 rings (SSSR count). The lowest BCUT2D eigenvalue weighted by Crippen LogP contribution is -2.21. The number of nitrogens with two attached hydrogens (primary N) is 1. The van der Waals surface area contributed by atoms with Gasteiger partial charge in [-0.25, -0.2) is 9.98 Å². The molecule has 0 spiro atoms. The molecule has 33 heavy (non-hydrogen) atoms. The lowest BCUT2D eigenvalue weighted by molar-refractivity contribution is 0.323. The fourth-order valence-electron chi connectivity index (χ4n) is 3.23. The maximum atomic E-state index is 5.85. The smallest absolute Gasteiger partial charge is 0.220 e. The van der Waals surface area contributed by atoms with Crippen molar-refractivity contribution in [2.75, 3.05) is 20.1 Å². The van der Waals surface area contributed by atoms with Gasteiger partial charge in [-0.15, -0.1) is 0 Å². The van der Waals surface area contributed by atoms with Crippen molar-refractivity contribution in [1.82, 2.24) is 4.90 Å². The summed E-state index contributed by atoms with van der Waals surface area (Å²) in [5.74, 6) is 0.310. The number of guanidine groups is 1. The third-order valence-corrected chi connectivity index (χ3v) is 5.14. The number of aliphatic imine (C=N–C) groups is 2. The Morgan fingerprint density at radius 1 is 1.06 bits per heavy atom. The molecule has 0 aliphatic heterocycles. The zero-order valence-corrected chi connectivity index (χ0v) is 21.9. The summed E-state index contributed by atoms with van der Waals surface area (Å²) in [7, 11) is 2.23. The molecule has 1 aromatic rings. The first kappa shape index (κ1) is 30.5. The Hall–Kier alpha value is -2.46. The number of benzene rings is 1. The van der Waals surface area contributed by atoms with Crippen LogP contribution in [0.4, 0.5) is 5.69 Å². The Bertz CT molecular complexity index is 759. The van der Waals surface area contributed by atoms with Gasteiger partial charge in [0.25, 0.3) is 0 Å². The average molecular weight is 453 g/mol. The van der Waals surface area contributed by atoms with Crippen molar-refractivity contribution in [2.45, 2.75) is 79.1 Å². The van der Waals surface area contributed by atoms with Gasteiger partial charge in [0, 0.05) is 6.21 Å². The average Bonchev–Trinajstić information content (AvgIpc) is 2.79. The van der Waals surface area contributed by atoms with E-state index in [2.05, 4.69) is 79.3 Å². The second-order valence-corrected chi connectivity index (χ2v) is 8.39. The van der Waals surface area contributed by atoms with Gasteiger partial charge in [0.05, 0.1) is 5.69 Å². The standard InChI is InChI=1S/C24H40N4.C5H8/c1-5-8-10-11-12-14-22-20-23(27-24(25)26-7-3)17-16-21(22)15-13-19-28(4)18-9-6-2;1-4-5(2)3/h7-8,10,16-17,20H,5-6,9,11-15,18-19H2,1-4H3,(H2,25,27);4H,1-2H2,3H3/b10-8+,26-7+;. The summed E-state index contributed by atoms with van der Waals surface area (Å²) in [6.45, 7) is 17.5. The Morgan fingerprint density at radius 3 is 2.33 bits per heavy atom. The van der Waals surface area contributed by atoms with E-state index in [0.29, 0.717) is 5.96 Å². The molecule has 0 bridgehead atoms. The van der Waals surface area contributed by atoms with Gasteiger partial charge in [-0.3, -0.25) is 0 Å². The number of nitrogens with zero attached hydrogens (tertiary/aromatic N) is 3. The topological polar surface area (TPSA) is 54.0 Å². The highest BCUT2D eigenvalue weighted by Gasteiger charge is 2.06. The summed E-state index contributed by atoms with van der Waals surface area (Å²) in [4.78, 5) is 10.9. The zero-order valence-electron chi connectivity index (χ0n) is 21.9. The fraction of sp³-hybridized carbons (Fsp3) is 0.517. The largest absolute Gasteiger partial charge is 0.368 e. The minimum atomic E-state index is 0.310. The van der Waals surface area contributed by atoms with E-state index in [1.165, 1.54) is 36.9 Å². The molecular weight excluding hydrogens is 404 g/mol. The molecule has 4 heteroatoms. The molecule has 0 heterocycles. The predicted octanol–water partition coefficient (Wildman–Crippen LogP) is 7.43. The first-order chi connectivity index (χ1) is 15.9. The molecule has 0 fully saturated rings. The van der Waals surface area contributed by atoms with Crippen LogP contribution in [0.2, 0.25) is 0 Å². The molecule has 0 saturated carbocycles. The number of aryl methyl sites for hydroxylation is 2. The molecule has 0 aromatic heterocycles. The van der Waals surface area contributed by atoms with Crippen LogP contribution in [0.25, 0.3) is 0 Å². The third kappa shape index (κ3) is 16.8. The highest BCUT2D eigenvalue weighted by atomic mass is 15.1. The van der Waals surface area contributed by atoms with Crippen molar-refractivity contribution in [3.05, 3.63) is 66.3 Å². The van der Waals surface area contributed by atoms with E-state index in [-0.39, 0.29) is 0 Å². The lowest BCUT2D eigenvalue weighted by Gasteiger charge is -2.17. The molecule has 0 atom stereocenters. The monoisotopic (exact) mass is 452 g/mol. The van der Waals surface area contributed by atoms with Gasteiger partial charge in [-0.2, -0.15) is 0 Å². The minimum absolute atomic E-state index is 0.310. The molecule has 4 nitrogen and oxygen atoms in total.